The third-order valence-corrected chi connectivity index (χ3v) is 5.59. The number of nitrogens with zero attached hydrogens (tertiary/aromatic N) is 3. The van der Waals surface area contributed by atoms with Crippen LogP contribution in [0.1, 0.15) is 29.5 Å². The lowest BCUT2D eigenvalue weighted by atomic mass is 10.1. The van der Waals surface area contributed by atoms with Crippen molar-refractivity contribution < 1.29 is 14.3 Å². The Hall–Kier alpha value is -4.53. The lowest BCUT2D eigenvalue weighted by molar-refractivity contribution is -0.146. The molecule has 34 heavy (non-hydrogen) atoms. The molecule has 2 aromatic carbocycles. The SMILES string of the molecule is C[C@@H](OC(=O)CCc1nc2c(cnn2-c2ccccc2)c(=O)[nH]1)C(=O)c1c[nH]c2ccccc12. The number of esters is 1. The van der Waals surface area contributed by atoms with Gasteiger partial charge in [-0.15, -0.1) is 0 Å². The van der Waals surface area contributed by atoms with Crippen LogP contribution >= 0.6 is 0 Å². The minimum Gasteiger partial charge on any atom is -0.454 e. The van der Waals surface area contributed by atoms with Crippen LogP contribution in [-0.2, 0) is 16.0 Å². The molecule has 0 aliphatic heterocycles. The van der Waals surface area contributed by atoms with Gasteiger partial charge in [0, 0.05) is 29.1 Å². The highest BCUT2D eigenvalue weighted by Gasteiger charge is 2.22. The van der Waals surface area contributed by atoms with E-state index in [1.807, 2.05) is 54.6 Å². The molecule has 9 nitrogen and oxygen atoms in total. The van der Waals surface area contributed by atoms with Gasteiger partial charge in [-0.25, -0.2) is 9.67 Å². The van der Waals surface area contributed by atoms with Crippen molar-refractivity contribution in [2.24, 2.45) is 0 Å². The quantitative estimate of drug-likeness (QED) is 0.287. The first-order valence-corrected chi connectivity index (χ1v) is 10.8. The number of aromatic nitrogens is 5. The van der Waals surface area contributed by atoms with Gasteiger partial charge in [0.05, 0.1) is 18.3 Å². The van der Waals surface area contributed by atoms with E-state index in [-0.39, 0.29) is 24.2 Å². The molecule has 170 valence electrons. The maximum absolute atomic E-state index is 12.8. The Morgan fingerprint density at radius 3 is 2.65 bits per heavy atom. The van der Waals surface area contributed by atoms with Crippen molar-refractivity contribution in [2.75, 3.05) is 0 Å². The Labute approximate surface area is 193 Å². The molecule has 0 saturated carbocycles. The van der Waals surface area contributed by atoms with Gasteiger partial charge in [-0.2, -0.15) is 5.10 Å². The fourth-order valence-corrected chi connectivity index (χ4v) is 3.86. The monoisotopic (exact) mass is 455 g/mol. The van der Waals surface area contributed by atoms with Gasteiger partial charge in [-0.1, -0.05) is 36.4 Å². The summed E-state index contributed by atoms with van der Waals surface area (Å²) in [6, 6.07) is 16.8. The zero-order valence-corrected chi connectivity index (χ0v) is 18.3. The van der Waals surface area contributed by atoms with Crippen molar-refractivity contribution in [3.63, 3.8) is 0 Å². The van der Waals surface area contributed by atoms with Crippen molar-refractivity contribution >= 4 is 33.7 Å². The summed E-state index contributed by atoms with van der Waals surface area (Å²) < 4.78 is 6.94. The number of Topliss-reactive ketones (excluding diaryl/α,β-unsaturated/α-hetero) is 1. The van der Waals surface area contributed by atoms with Gasteiger partial charge in [0.2, 0.25) is 5.78 Å². The standard InChI is InChI=1S/C25H21N5O4/c1-15(23(32)18-13-26-20-10-6-5-9-17(18)20)34-22(31)12-11-21-28-24-19(25(33)29-21)14-27-30(24)16-7-3-2-4-8-16/h2-10,13-15,26H,11-12H2,1H3,(H,28,29,33)/t15-/m1/s1. The number of benzene rings is 2. The van der Waals surface area contributed by atoms with Crippen LogP contribution in [0, 0.1) is 0 Å². The molecule has 0 spiro atoms. The summed E-state index contributed by atoms with van der Waals surface area (Å²) in [4.78, 5) is 47.9. The summed E-state index contributed by atoms with van der Waals surface area (Å²) in [5.74, 6) is -0.506. The van der Waals surface area contributed by atoms with Gasteiger partial charge in [0.1, 0.15) is 11.2 Å². The highest BCUT2D eigenvalue weighted by atomic mass is 16.5. The molecule has 0 saturated heterocycles. The molecule has 0 bridgehead atoms. The molecule has 9 heteroatoms. The summed E-state index contributed by atoms with van der Waals surface area (Å²) in [5, 5.41) is 5.40. The van der Waals surface area contributed by atoms with E-state index >= 15 is 0 Å². The molecule has 5 rings (SSSR count). The largest absolute Gasteiger partial charge is 0.454 e. The summed E-state index contributed by atoms with van der Waals surface area (Å²) >= 11 is 0. The first-order chi connectivity index (χ1) is 16.5. The molecule has 0 aliphatic rings. The summed E-state index contributed by atoms with van der Waals surface area (Å²) in [7, 11) is 0. The number of para-hydroxylation sites is 2. The summed E-state index contributed by atoms with van der Waals surface area (Å²) in [5.41, 5.74) is 2.15. The fourth-order valence-electron chi connectivity index (χ4n) is 3.86. The second kappa shape index (κ2) is 8.78. The van der Waals surface area contributed by atoms with Crippen LogP contribution in [0.25, 0.3) is 27.6 Å². The van der Waals surface area contributed by atoms with Crippen molar-refractivity contribution in [1.82, 2.24) is 24.7 Å². The number of fused-ring (bicyclic) bond motifs is 2. The maximum atomic E-state index is 12.8. The minimum absolute atomic E-state index is 0.0422. The van der Waals surface area contributed by atoms with Crippen LogP contribution in [0.4, 0.5) is 0 Å². The van der Waals surface area contributed by atoms with Crippen LogP contribution in [-0.4, -0.2) is 42.6 Å². The molecular formula is C25H21N5O4. The van der Waals surface area contributed by atoms with Crippen LogP contribution < -0.4 is 5.56 Å². The molecule has 5 aromatic rings. The van der Waals surface area contributed by atoms with Gasteiger partial charge in [-0.05, 0) is 25.1 Å². The lowest BCUT2D eigenvalue weighted by Crippen LogP contribution is -2.24. The molecule has 3 aromatic heterocycles. The zero-order chi connectivity index (χ0) is 23.7. The number of hydrogen-bond acceptors (Lipinski definition) is 6. The number of rotatable bonds is 7. The molecular weight excluding hydrogens is 434 g/mol. The first kappa shape index (κ1) is 21.3. The number of hydrogen-bond donors (Lipinski definition) is 2. The Balaban J connectivity index is 1.28. The van der Waals surface area contributed by atoms with Crippen molar-refractivity contribution in [2.45, 2.75) is 25.9 Å². The third-order valence-electron chi connectivity index (χ3n) is 5.59. The number of carbonyl (C=O) groups is 2. The number of carbonyl (C=O) groups excluding carboxylic acids is 2. The highest BCUT2D eigenvalue weighted by Crippen LogP contribution is 2.20. The fraction of sp³-hybridized carbons (Fsp3) is 0.160. The maximum Gasteiger partial charge on any atom is 0.306 e. The van der Waals surface area contributed by atoms with E-state index in [1.54, 1.807) is 17.8 Å². The Morgan fingerprint density at radius 2 is 1.82 bits per heavy atom. The summed E-state index contributed by atoms with van der Waals surface area (Å²) in [6.45, 7) is 1.55. The van der Waals surface area contributed by atoms with E-state index in [4.69, 9.17) is 4.74 Å². The molecule has 0 fully saturated rings. The van der Waals surface area contributed by atoms with Crippen LogP contribution in [0.5, 0.6) is 0 Å². The first-order valence-electron chi connectivity index (χ1n) is 10.8. The predicted octanol–water partition coefficient (Wildman–Crippen LogP) is 3.34. The van der Waals surface area contributed by atoms with E-state index in [1.165, 1.54) is 6.20 Å². The second-order valence-corrected chi connectivity index (χ2v) is 7.89. The Bertz CT molecular complexity index is 1560. The number of ketones is 1. The van der Waals surface area contributed by atoms with Crippen molar-refractivity contribution in [3.8, 4) is 5.69 Å². The van der Waals surface area contributed by atoms with E-state index in [0.717, 1.165) is 16.6 Å². The van der Waals surface area contributed by atoms with Gasteiger partial charge >= 0.3 is 5.97 Å². The minimum atomic E-state index is -0.944. The molecule has 3 heterocycles. The van der Waals surface area contributed by atoms with Crippen LogP contribution in [0.15, 0.2) is 71.8 Å². The number of aromatic amines is 2. The van der Waals surface area contributed by atoms with E-state index < -0.39 is 12.1 Å². The van der Waals surface area contributed by atoms with Crippen molar-refractivity contribution in [3.05, 3.63) is 88.7 Å². The number of nitrogens with one attached hydrogen (secondary N) is 2. The van der Waals surface area contributed by atoms with E-state index in [2.05, 4.69) is 20.1 Å². The number of aryl methyl sites for hydroxylation is 1. The smallest absolute Gasteiger partial charge is 0.306 e. The van der Waals surface area contributed by atoms with Crippen LogP contribution in [0.2, 0.25) is 0 Å². The average Bonchev–Trinajstić information content (AvgIpc) is 3.48. The lowest BCUT2D eigenvalue weighted by Gasteiger charge is -2.12. The van der Waals surface area contributed by atoms with Gasteiger partial charge < -0.3 is 14.7 Å². The Kier molecular flexibility index (Phi) is 5.51. The molecule has 0 aliphatic carbocycles. The molecule has 2 N–H and O–H groups in total. The van der Waals surface area contributed by atoms with E-state index in [9.17, 15) is 14.4 Å². The van der Waals surface area contributed by atoms with Crippen molar-refractivity contribution in [1.29, 1.82) is 0 Å². The van der Waals surface area contributed by atoms with Gasteiger partial charge in [0.25, 0.3) is 5.56 Å². The Morgan fingerprint density at radius 1 is 1.06 bits per heavy atom. The van der Waals surface area contributed by atoms with Crippen LogP contribution in [0.3, 0.4) is 0 Å². The molecule has 0 unspecified atom stereocenters. The second-order valence-electron chi connectivity index (χ2n) is 7.89. The normalized spacial score (nSPS) is 12.1. The summed E-state index contributed by atoms with van der Waals surface area (Å²) in [6.07, 6.45) is 2.25. The number of H-pyrrole nitrogens is 2. The molecule has 0 amide bonds. The van der Waals surface area contributed by atoms with Gasteiger partial charge in [-0.3, -0.25) is 14.4 Å². The average molecular weight is 455 g/mol. The zero-order valence-electron chi connectivity index (χ0n) is 18.3. The topological polar surface area (TPSA) is 123 Å². The number of ether oxygens (including phenoxy) is 1. The molecule has 1 atom stereocenters. The predicted molar refractivity (Wildman–Crippen MR) is 126 cm³/mol. The molecule has 0 radical (unpaired) electrons. The van der Waals surface area contributed by atoms with Gasteiger partial charge in [0.15, 0.2) is 11.8 Å². The third kappa shape index (κ3) is 3.99. The van der Waals surface area contributed by atoms with E-state index in [0.29, 0.717) is 22.4 Å². The highest BCUT2D eigenvalue weighted by molar-refractivity contribution is 6.10.